The number of nitrogens with zero attached hydrogens (tertiary/aromatic N) is 1. The molecule has 230 valence electrons. The van der Waals surface area contributed by atoms with Crippen LogP contribution in [0.25, 0.3) is 0 Å². The van der Waals surface area contributed by atoms with Crippen molar-refractivity contribution >= 4 is 21.4 Å². The Balaban J connectivity index is 1.49. The molecule has 0 aliphatic carbocycles. The molecule has 3 aromatic rings. The number of halogens is 3. The molecule has 0 saturated carbocycles. The Morgan fingerprint density at radius 3 is 2.21 bits per heavy atom. The first kappa shape index (κ1) is 32.1. The maximum Gasteiger partial charge on any atom is 0.416 e. The van der Waals surface area contributed by atoms with Gasteiger partial charge in [-0.05, 0) is 73.0 Å². The first-order valence-corrected chi connectivity index (χ1v) is 15.6. The Labute approximate surface area is 249 Å². The van der Waals surface area contributed by atoms with Gasteiger partial charge in [0.2, 0.25) is 0 Å². The number of alkyl halides is 3. The second kappa shape index (κ2) is 13.2. The zero-order valence-electron chi connectivity index (χ0n) is 24.0. The molecular formula is C32H35F3N2O5S. The van der Waals surface area contributed by atoms with Crippen LogP contribution < -0.4 is 10.2 Å². The number of ether oxygens (including phenoxy) is 1. The summed E-state index contributed by atoms with van der Waals surface area (Å²) in [5, 5.41) is 12.7. The average Bonchev–Trinajstić information content (AvgIpc) is 3.45. The zero-order valence-corrected chi connectivity index (χ0v) is 24.8. The molecule has 1 aliphatic rings. The number of hydrogen-bond acceptors (Lipinski definition) is 6. The molecule has 1 aliphatic heterocycles. The molecule has 0 bridgehead atoms. The number of hydrogen-bond donors (Lipinski definition) is 2. The molecule has 0 radical (unpaired) electrons. The quantitative estimate of drug-likeness (QED) is 0.262. The van der Waals surface area contributed by atoms with Crippen molar-refractivity contribution in [3.8, 4) is 0 Å². The third-order valence-electron chi connectivity index (χ3n) is 7.68. The highest BCUT2D eigenvalue weighted by molar-refractivity contribution is 7.91. The minimum absolute atomic E-state index is 0.0316. The molecule has 3 atom stereocenters. The lowest BCUT2D eigenvalue weighted by molar-refractivity contribution is -0.137. The van der Waals surface area contributed by atoms with Crippen LogP contribution in [0, 0.1) is 0 Å². The second-order valence-electron chi connectivity index (χ2n) is 10.3. The van der Waals surface area contributed by atoms with E-state index >= 15 is 0 Å². The fraction of sp³-hybridized carbons (Fsp3) is 0.344. The Bertz CT molecular complexity index is 1520. The van der Waals surface area contributed by atoms with E-state index in [9.17, 15) is 31.5 Å². The summed E-state index contributed by atoms with van der Waals surface area (Å²) >= 11 is 0. The van der Waals surface area contributed by atoms with Gasteiger partial charge in [0.15, 0.2) is 9.84 Å². The van der Waals surface area contributed by atoms with Gasteiger partial charge in [0, 0.05) is 23.7 Å². The van der Waals surface area contributed by atoms with Crippen molar-refractivity contribution in [2.75, 3.05) is 30.4 Å². The van der Waals surface area contributed by atoms with Crippen molar-refractivity contribution in [1.29, 1.82) is 0 Å². The minimum Gasteiger partial charge on any atom is -0.497 e. The van der Waals surface area contributed by atoms with E-state index in [1.54, 1.807) is 43.3 Å². The van der Waals surface area contributed by atoms with Crippen LogP contribution in [-0.4, -0.2) is 51.0 Å². The van der Waals surface area contributed by atoms with Crippen molar-refractivity contribution in [2.45, 2.75) is 49.3 Å². The number of benzene rings is 3. The Morgan fingerprint density at radius 2 is 1.67 bits per heavy atom. The number of carbonyl (C=O) groups is 1. The predicted octanol–water partition coefficient (Wildman–Crippen LogP) is 5.88. The summed E-state index contributed by atoms with van der Waals surface area (Å²) in [6, 6.07) is 17.2. The van der Waals surface area contributed by atoms with Gasteiger partial charge in [-0.3, -0.25) is 4.79 Å². The van der Waals surface area contributed by atoms with E-state index in [-0.39, 0.29) is 29.2 Å². The van der Waals surface area contributed by atoms with E-state index in [0.717, 1.165) is 23.4 Å². The first-order chi connectivity index (χ1) is 20.4. The summed E-state index contributed by atoms with van der Waals surface area (Å²) in [7, 11) is -3.37. The summed E-state index contributed by atoms with van der Waals surface area (Å²) in [5.74, 6) is 0.0461. The maximum atomic E-state index is 13.1. The minimum atomic E-state index is -4.40. The summed E-state index contributed by atoms with van der Waals surface area (Å²) < 4.78 is 69.1. The van der Waals surface area contributed by atoms with Crippen LogP contribution in [0.5, 0.6) is 0 Å². The normalized spacial score (nSPS) is 17.9. The largest absolute Gasteiger partial charge is 0.497 e. The fourth-order valence-electron chi connectivity index (χ4n) is 5.25. The highest BCUT2D eigenvalue weighted by Gasteiger charge is 2.36. The third-order valence-corrected chi connectivity index (χ3v) is 9.43. The molecule has 4 rings (SSSR count). The lowest BCUT2D eigenvalue weighted by atomic mass is 9.95. The van der Waals surface area contributed by atoms with E-state index in [1.807, 2.05) is 6.92 Å². The van der Waals surface area contributed by atoms with Gasteiger partial charge in [-0.2, -0.15) is 13.2 Å². The number of aliphatic hydroxyl groups excluding tert-OH is 1. The molecule has 1 heterocycles. The number of carbonyl (C=O) groups excluding carboxylic acids is 1. The molecule has 7 nitrogen and oxygen atoms in total. The molecule has 3 aromatic carbocycles. The number of rotatable bonds is 11. The SMILES string of the molecule is C=C(OCC)[C@@H]1CC(c2ccc(C(F)(F)F)cc2)CN1c1ccc(C(=O)N[C@@H](CO)c2ccc(S(=O)(=O)CC)cc2)cc1. The first-order valence-electron chi connectivity index (χ1n) is 14.0. The van der Waals surface area contributed by atoms with Gasteiger partial charge < -0.3 is 20.1 Å². The third kappa shape index (κ3) is 7.40. The van der Waals surface area contributed by atoms with Gasteiger partial charge in [0.1, 0.15) is 5.76 Å². The van der Waals surface area contributed by atoms with Crippen LogP contribution >= 0.6 is 0 Å². The molecule has 0 spiro atoms. The van der Waals surface area contributed by atoms with E-state index in [4.69, 9.17) is 4.74 Å². The van der Waals surface area contributed by atoms with Crippen molar-refractivity contribution in [3.05, 3.63) is 107 Å². The lowest BCUT2D eigenvalue weighted by Crippen LogP contribution is -2.32. The van der Waals surface area contributed by atoms with Gasteiger partial charge in [-0.15, -0.1) is 0 Å². The molecule has 1 fully saturated rings. The molecule has 11 heteroatoms. The molecule has 43 heavy (non-hydrogen) atoms. The Morgan fingerprint density at radius 1 is 1.05 bits per heavy atom. The van der Waals surface area contributed by atoms with Crippen LogP contribution in [0.2, 0.25) is 0 Å². The molecule has 1 unspecified atom stereocenters. The van der Waals surface area contributed by atoms with Crippen LogP contribution in [0.15, 0.2) is 90.0 Å². The van der Waals surface area contributed by atoms with Gasteiger partial charge in [-0.25, -0.2) is 8.42 Å². The van der Waals surface area contributed by atoms with Crippen LogP contribution in [0.4, 0.5) is 18.9 Å². The summed E-state index contributed by atoms with van der Waals surface area (Å²) in [4.78, 5) is 15.3. The monoisotopic (exact) mass is 616 g/mol. The summed E-state index contributed by atoms with van der Waals surface area (Å²) in [6.45, 7) is 8.05. The molecule has 1 saturated heterocycles. The van der Waals surface area contributed by atoms with Crippen LogP contribution in [0.3, 0.4) is 0 Å². The number of nitrogens with one attached hydrogen (secondary N) is 1. The number of anilines is 1. The topological polar surface area (TPSA) is 95.9 Å². The van der Waals surface area contributed by atoms with Gasteiger partial charge in [-0.1, -0.05) is 37.8 Å². The highest BCUT2D eigenvalue weighted by atomic mass is 32.2. The second-order valence-corrected chi connectivity index (χ2v) is 12.6. The van der Waals surface area contributed by atoms with E-state index in [1.165, 1.54) is 24.3 Å². The number of sulfone groups is 1. The van der Waals surface area contributed by atoms with E-state index in [0.29, 0.717) is 36.5 Å². The maximum absolute atomic E-state index is 13.1. The van der Waals surface area contributed by atoms with Gasteiger partial charge in [0.05, 0.1) is 41.5 Å². The van der Waals surface area contributed by atoms with E-state index in [2.05, 4.69) is 16.8 Å². The van der Waals surface area contributed by atoms with E-state index < -0.39 is 33.5 Å². The average molecular weight is 617 g/mol. The smallest absolute Gasteiger partial charge is 0.416 e. The van der Waals surface area contributed by atoms with Gasteiger partial charge >= 0.3 is 6.18 Å². The van der Waals surface area contributed by atoms with Crippen molar-refractivity contribution in [2.24, 2.45) is 0 Å². The fourth-order valence-corrected chi connectivity index (χ4v) is 6.13. The summed E-state index contributed by atoms with van der Waals surface area (Å²) in [6.07, 6.45) is -3.80. The van der Waals surface area contributed by atoms with Crippen molar-refractivity contribution in [1.82, 2.24) is 5.32 Å². The predicted molar refractivity (Wildman–Crippen MR) is 159 cm³/mol. The highest BCUT2D eigenvalue weighted by Crippen LogP contribution is 2.39. The molecule has 2 N–H and O–H groups in total. The van der Waals surface area contributed by atoms with Gasteiger partial charge in [0.25, 0.3) is 5.91 Å². The number of amides is 1. The summed E-state index contributed by atoms with van der Waals surface area (Å²) in [5.41, 5.74) is 1.80. The Kier molecular flexibility index (Phi) is 9.86. The Hall–Kier alpha value is -3.83. The van der Waals surface area contributed by atoms with Crippen LogP contribution in [-0.2, 0) is 20.8 Å². The van der Waals surface area contributed by atoms with Crippen molar-refractivity contribution < 1.29 is 36.2 Å². The molecular weight excluding hydrogens is 581 g/mol. The zero-order chi connectivity index (χ0) is 31.4. The lowest BCUT2D eigenvalue weighted by Gasteiger charge is -2.28. The van der Waals surface area contributed by atoms with Crippen LogP contribution in [0.1, 0.15) is 59.3 Å². The molecule has 0 aromatic heterocycles. The number of aliphatic hydroxyl groups is 1. The molecule has 1 amide bonds. The standard InChI is InChI=1S/C32H35F3N2O5S/c1-4-42-21(3)30-18-25(22-6-12-26(13-7-22)32(33,34)35)19-37(30)27-14-8-24(9-15-27)31(39)36-29(20-38)23-10-16-28(17-11-23)43(40,41)5-2/h6-17,25,29-30,38H,3-5,18-20H2,1-2H3,(H,36,39)/t25?,29-,30-/m0/s1. The van der Waals surface area contributed by atoms with Crippen molar-refractivity contribution in [3.63, 3.8) is 0 Å².